The Balaban J connectivity index is 2.08. The van der Waals surface area contributed by atoms with Gasteiger partial charge in [0.2, 0.25) is 11.8 Å². The van der Waals surface area contributed by atoms with Crippen molar-refractivity contribution in [2.75, 3.05) is 24.0 Å². The summed E-state index contributed by atoms with van der Waals surface area (Å²) in [5.74, 6) is -1.12. The van der Waals surface area contributed by atoms with Gasteiger partial charge in [0.1, 0.15) is 24.2 Å². The maximum atomic E-state index is 14.2. The van der Waals surface area contributed by atoms with Crippen molar-refractivity contribution in [2.45, 2.75) is 57.5 Å². The van der Waals surface area contributed by atoms with E-state index in [1.54, 1.807) is 37.3 Å². The van der Waals surface area contributed by atoms with Gasteiger partial charge in [-0.1, -0.05) is 49.5 Å². The van der Waals surface area contributed by atoms with Gasteiger partial charge in [0.05, 0.1) is 17.2 Å². The third-order valence-electron chi connectivity index (χ3n) is 6.72. The van der Waals surface area contributed by atoms with E-state index < -0.39 is 34.3 Å². The van der Waals surface area contributed by atoms with E-state index in [-0.39, 0.29) is 29.5 Å². The fraction of sp³-hybridized carbons (Fsp3) is 0.355. The molecule has 43 heavy (non-hydrogen) atoms. The summed E-state index contributed by atoms with van der Waals surface area (Å²) in [5.41, 5.74) is 0.602. The molecule has 0 aliphatic rings. The number of sulfonamides is 1. The zero-order valence-electron chi connectivity index (χ0n) is 24.4. The van der Waals surface area contributed by atoms with Crippen LogP contribution in [0.5, 0.6) is 5.75 Å². The van der Waals surface area contributed by atoms with Crippen LogP contribution in [0.4, 0.5) is 10.1 Å². The summed E-state index contributed by atoms with van der Waals surface area (Å²) in [6.07, 6.45) is 1.88. The molecule has 0 radical (unpaired) electrons. The highest BCUT2D eigenvalue weighted by molar-refractivity contribution is 7.92. The van der Waals surface area contributed by atoms with Gasteiger partial charge >= 0.3 is 0 Å². The van der Waals surface area contributed by atoms with E-state index in [2.05, 4.69) is 5.32 Å². The van der Waals surface area contributed by atoms with Gasteiger partial charge in [-0.3, -0.25) is 13.9 Å². The van der Waals surface area contributed by atoms with Crippen LogP contribution in [-0.2, 0) is 26.2 Å². The molecule has 3 rings (SSSR count). The predicted molar refractivity (Wildman–Crippen MR) is 168 cm³/mol. The zero-order valence-corrected chi connectivity index (χ0v) is 26.7. The molecule has 0 saturated carbocycles. The number of benzene rings is 3. The van der Waals surface area contributed by atoms with Crippen molar-refractivity contribution in [3.63, 3.8) is 0 Å². The number of hydrogen-bond donors (Lipinski definition) is 1. The molecule has 1 atom stereocenters. The summed E-state index contributed by atoms with van der Waals surface area (Å²) in [4.78, 5) is 28.6. The number of hydrogen-bond acceptors (Lipinski definition) is 5. The van der Waals surface area contributed by atoms with Crippen molar-refractivity contribution in [3.05, 3.63) is 88.2 Å². The summed E-state index contributed by atoms with van der Waals surface area (Å²) < 4.78 is 47.9. The maximum Gasteiger partial charge on any atom is 0.264 e. The highest BCUT2D eigenvalue weighted by atomic mass is 35.5. The number of halogens is 3. The Morgan fingerprint density at radius 1 is 0.953 bits per heavy atom. The third kappa shape index (κ3) is 8.84. The molecule has 0 fully saturated rings. The SMILES string of the molecule is CCCCNC(=O)[C@@H](CC)N(Cc1c(Cl)cccc1Cl)C(=O)CN(c1ccc(OCC)cc1)S(=O)(=O)c1ccc(F)cc1. The van der Waals surface area contributed by atoms with Crippen LogP contribution in [0.25, 0.3) is 0 Å². The third-order valence-corrected chi connectivity index (χ3v) is 9.22. The standard InChI is InChI=1S/C31H36Cl2FN3O5S/c1-4-7-19-35-31(39)29(5-2)36(20-26-27(32)9-8-10-28(26)33)30(38)21-37(23-13-15-24(16-14-23)42-6-3)43(40,41)25-17-11-22(34)12-18-25/h8-18,29H,4-7,19-21H2,1-3H3,(H,35,39)/t29-/m1/s1. The maximum absolute atomic E-state index is 14.2. The molecule has 0 aromatic heterocycles. The van der Waals surface area contributed by atoms with E-state index >= 15 is 0 Å². The van der Waals surface area contributed by atoms with Crippen LogP contribution in [0, 0.1) is 5.82 Å². The van der Waals surface area contributed by atoms with Gasteiger partial charge in [0.25, 0.3) is 10.0 Å². The van der Waals surface area contributed by atoms with Crippen molar-refractivity contribution < 1.29 is 27.1 Å². The lowest BCUT2D eigenvalue weighted by molar-refractivity contribution is -0.140. The second kappa shape index (κ2) is 15.9. The van der Waals surface area contributed by atoms with Crippen molar-refractivity contribution in [3.8, 4) is 5.75 Å². The van der Waals surface area contributed by atoms with Crippen molar-refractivity contribution in [1.82, 2.24) is 10.2 Å². The number of carbonyl (C=O) groups is 2. The van der Waals surface area contributed by atoms with Crippen molar-refractivity contribution in [2.24, 2.45) is 0 Å². The molecule has 3 aromatic rings. The monoisotopic (exact) mass is 651 g/mol. The van der Waals surface area contributed by atoms with Gasteiger partial charge < -0.3 is 15.0 Å². The minimum absolute atomic E-state index is 0.134. The van der Waals surface area contributed by atoms with E-state index in [1.165, 1.54) is 17.0 Å². The minimum atomic E-state index is -4.36. The largest absolute Gasteiger partial charge is 0.494 e. The fourth-order valence-corrected chi connectivity index (χ4v) is 6.35. The molecule has 0 spiro atoms. The second-order valence-electron chi connectivity index (χ2n) is 9.68. The van der Waals surface area contributed by atoms with Crippen LogP contribution in [0.3, 0.4) is 0 Å². The Bertz CT molecular complexity index is 1470. The molecule has 3 aromatic carbocycles. The molecule has 2 amide bonds. The summed E-state index contributed by atoms with van der Waals surface area (Å²) in [5, 5.41) is 3.47. The first kappa shape index (κ1) is 34.2. The van der Waals surface area contributed by atoms with E-state index in [0.717, 1.165) is 41.4 Å². The number of anilines is 1. The molecule has 232 valence electrons. The Morgan fingerprint density at radius 2 is 1.58 bits per heavy atom. The lowest BCUT2D eigenvalue weighted by Crippen LogP contribution is -2.52. The number of nitrogens with zero attached hydrogens (tertiary/aromatic N) is 2. The Labute approximate surface area is 262 Å². The molecule has 1 N–H and O–H groups in total. The zero-order chi connectivity index (χ0) is 31.6. The number of nitrogens with one attached hydrogen (secondary N) is 1. The number of carbonyl (C=O) groups excluding carboxylic acids is 2. The van der Waals surface area contributed by atoms with Gasteiger partial charge in [-0.25, -0.2) is 12.8 Å². The van der Waals surface area contributed by atoms with Gasteiger partial charge in [-0.2, -0.15) is 0 Å². The molecule has 0 aliphatic heterocycles. The first-order valence-electron chi connectivity index (χ1n) is 14.0. The molecule has 0 aliphatic carbocycles. The van der Waals surface area contributed by atoms with Gasteiger partial charge in [-0.15, -0.1) is 0 Å². The number of unbranched alkanes of at least 4 members (excludes halogenated alkanes) is 1. The predicted octanol–water partition coefficient (Wildman–Crippen LogP) is 6.45. The average Bonchev–Trinajstić information content (AvgIpc) is 2.98. The molecule has 0 saturated heterocycles. The highest BCUT2D eigenvalue weighted by Crippen LogP contribution is 2.29. The van der Waals surface area contributed by atoms with E-state index in [4.69, 9.17) is 27.9 Å². The average molecular weight is 653 g/mol. The van der Waals surface area contributed by atoms with E-state index in [1.807, 2.05) is 13.8 Å². The lowest BCUT2D eigenvalue weighted by atomic mass is 10.1. The van der Waals surface area contributed by atoms with Gasteiger partial charge in [-0.05, 0) is 80.4 Å². The molecule has 0 unspecified atom stereocenters. The molecule has 8 nitrogen and oxygen atoms in total. The van der Waals surface area contributed by atoms with E-state index in [9.17, 15) is 22.4 Å². The van der Waals surface area contributed by atoms with E-state index in [0.29, 0.717) is 34.5 Å². The van der Waals surface area contributed by atoms with Crippen LogP contribution in [0.15, 0.2) is 71.6 Å². The number of rotatable bonds is 15. The van der Waals surface area contributed by atoms with Crippen molar-refractivity contribution >= 4 is 50.7 Å². The normalized spacial score (nSPS) is 12.0. The first-order valence-corrected chi connectivity index (χ1v) is 16.2. The van der Waals surface area contributed by atoms with Crippen LogP contribution in [-0.4, -0.2) is 50.9 Å². The number of ether oxygens (including phenoxy) is 1. The molecule has 0 bridgehead atoms. The molecular weight excluding hydrogens is 616 g/mol. The molecule has 12 heteroatoms. The Morgan fingerprint density at radius 3 is 2.14 bits per heavy atom. The first-order chi connectivity index (χ1) is 20.5. The summed E-state index contributed by atoms with van der Waals surface area (Å²) in [6, 6.07) is 14.5. The number of amides is 2. The Kier molecular flexibility index (Phi) is 12.7. The topological polar surface area (TPSA) is 96.0 Å². The smallest absolute Gasteiger partial charge is 0.264 e. The quantitative estimate of drug-likeness (QED) is 0.191. The fourth-order valence-electron chi connectivity index (χ4n) is 4.42. The van der Waals surface area contributed by atoms with Crippen molar-refractivity contribution in [1.29, 1.82) is 0 Å². The Hall–Kier alpha value is -3.34. The minimum Gasteiger partial charge on any atom is -0.494 e. The molecule has 0 heterocycles. The second-order valence-corrected chi connectivity index (χ2v) is 12.4. The van der Waals surface area contributed by atoms with Crippen LogP contribution >= 0.6 is 23.2 Å². The molecular formula is C31H36Cl2FN3O5S. The highest BCUT2D eigenvalue weighted by Gasteiger charge is 2.34. The lowest BCUT2D eigenvalue weighted by Gasteiger charge is -2.33. The van der Waals surface area contributed by atoms with Crippen LogP contribution in [0.1, 0.15) is 45.6 Å². The van der Waals surface area contributed by atoms with Gasteiger partial charge in [0, 0.05) is 28.7 Å². The van der Waals surface area contributed by atoms with Gasteiger partial charge in [0.15, 0.2) is 0 Å². The van der Waals surface area contributed by atoms with Crippen LogP contribution < -0.4 is 14.4 Å². The summed E-state index contributed by atoms with van der Waals surface area (Å²) in [6.45, 7) is 5.62. The summed E-state index contributed by atoms with van der Waals surface area (Å²) >= 11 is 12.9. The summed E-state index contributed by atoms with van der Waals surface area (Å²) in [7, 11) is -4.36. The van der Waals surface area contributed by atoms with Crippen LogP contribution in [0.2, 0.25) is 10.0 Å².